The minimum absolute atomic E-state index is 0.272. The number of hydrogen-bond donors (Lipinski definition) is 2. The highest BCUT2D eigenvalue weighted by Crippen LogP contribution is 1.98. The Morgan fingerprint density at radius 2 is 1.90 bits per heavy atom. The van der Waals surface area contributed by atoms with Crippen LogP contribution >= 0.6 is 0 Å². The Morgan fingerprint density at radius 1 is 1.29 bits per heavy atom. The summed E-state index contributed by atoms with van der Waals surface area (Å²) in [5.74, 6) is -1.17. The van der Waals surface area contributed by atoms with Crippen molar-refractivity contribution in [3.8, 4) is 0 Å². The molecule has 0 rings (SSSR count). The van der Waals surface area contributed by atoms with Crippen molar-refractivity contribution in [2.75, 3.05) is 13.7 Å². The zero-order valence-corrected chi connectivity index (χ0v) is 13.2. The molecule has 0 aromatic heterocycles. The number of halogens is 1. The number of nitrogens with zero attached hydrogens (tertiary/aromatic N) is 1. The SMILES string of the molecule is CCC.CCCCCOC(=O)NC(=NC)/C(F)=C\NC=O. The number of carbonyl (C=O) groups is 2. The lowest BCUT2D eigenvalue weighted by molar-refractivity contribution is -0.108. The Kier molecular flexibility index (Phi) is 16.4. The van der Waals surface area contributed by atoms with E-state index in [2.05, 4.69) is 24.2 Å². The average molecular weight is 303 g/mol. The van der Waals surface area contributed by atoms with Gasteiger partial charge in [0.2, 0.25) is 6.41 Å². The molecular weight excluding hydrogens is 277 g/mol. The molecule has 2 N–H and O–H groups in total. The molecule has 0 saturated carbocycles. The van der Waals surface area contributed by atoms with Gasteiger partial charge in [0.25, 0.3) is 0 Å². The van der Waals surface area contributed by atoms with Gasteiger partial charge in [0.05, 0.1) is 6.61 Å². The van der Waals surface area contributed by atoms with Crippen molar-refractivity contribution in [2.24, 2.45) is 4.99 Å². The van der Waals surface area contributed by atoms with E-state index in [1.165, 1.54) is 13.5 Å². The number of ether oxygens (including phenoxy) is 1. The van der Waals surface area contributed by atoms with Crippen LogP contribution in [0, 0.1) is 0 Å². The van der Waals surface area contributed by atoms with Crippen molar-refractivity contribution < 1.29 is 18.7 Å². The summed E-state index contributed by atoms with van der Waals surface area (Å²) in [4.78, 5) is 24.8. The van der Waals surface area contributed by atoms with Gasteiger partial charge in [-0.05, 0) is 6.42 Å². The summed E-state index contributed by atoms with van der Waals surface area (Å²) in [5, 5.41) is 4.15. The van der Waals surface area contributed by atoms with E-state index < -0.39 is 11.9 Å². The fraction of sp³-hybridized carbons (Fsp3) is 0.643. The fourth-order valence-electron chi connectivity index (χ4n) is 1.05. The van der Waals surface area contributed by atoms with E-state index in [1.807, 2.05) is 12.2 Å². The maximum atomic E-state index is 13.3. The molecular formula is C14H26FN3O3. The van der Waals surface area contributed by atoms with E-state index in [0.717, 1.165) is 25.5 Å². The summed E-state index contributed by atoms with van der Waals surface area (Å²) < 4.78 is 18.1. The Labute approximate surface area is 125 Å². The minimum Gasteiger partial charge on any atom is -0.449 e. The molecule has 0 aromatic rings. The van der Waals surface area contributed by atoms with Crippen LogP contribution in [0.5, 0.6) is 0 Å². The number of alkyl carbamates (subject to hydrolysis) is 1. The molecule has 0 atom stereocenters. The summed E-state index contributed by atoms with van der Waals surface area (Å²) in [5.41, 5.74) is 0. The van der Waals surface area contributed by atoms with Crippen LogP contribution in [0.3, 0.4) is 0 Å². The number of nitrogens with one attached hydrogen (secondary N) is 2. The van der Waals surface area contributed by atoms with E-state index >= 15 is 0 Å². The third kappa shape index (κ3) is 14.3. The maximum absolute atomic E-state index is 13.3. The first kappa shape index (κ1) is 21.4. The second-order valence-corrected chi connectivity index (χ2v) is 4.02. The zero-order chi connectivity index (χ0) is 16.5. The molecule has 0 aliphatic rings. The Bertz CT molecular complexity index is 344. The van der Waals surface area contributed by atoms with Crippen molar-refractivity contribution in [1.82, 2.24) is 10.6 Å². The van der Waals surface area contributed by atoms with E-state index in [4.69, 9.17) is 4.74 Å². The maximum Gasteiger partial charge on any atom is 0.412 e. The fourth-order valence-corrected chi connectivity index (χ4v) is 1.05. The first-order chi connectivity index (χ1) is 10.1. The normalized spacial score (nSPS) is 11.1. The molecule has 0 saturated heterocycles. The summed E-state index contributed by atoms with van der Waals surface area (Å²) in [6.07, 6.45) is 4.29. The Morgan fingerprint density at radius 3 is 2.38 bits per heavy atom. The minimum atomic E-state index is -0.866. The van der Waals surface area contributed by atoms with Crippen molar-refractivity contribution in [2.45, 2.75) is 46.5 Å². The lowest BCUT2D eigenvalue weighted by atomic mass is 10.3. The third-order valence-electron chi connectivity index (χ3n) is 1.93. The Hall–Kier alpha value is -1.92. The monoisotopic (exact) mass is 303 g/mol. The van der Waals surface area contributed by atoms with Crippen LogP contribution in [0.1, 0.15) is 46.5 Å². The first-order valence-electron chi connectivity index (χ1n) is 7.03. The molecule has 0 spiro atoms. The van der Waals surface area contributed by atoms with E-state index in [9.17, 15) is 14.0 Å². The van der Waals surface area contributed by atoms with Gasteiger partial charge in [0.1, 0.15) is 0 Å². The number of aliphatic imine (C=N–C) groups is 1. The van der Waals surface area contributed by atoms with Crippen LogP contribution in [0.2, 0.25) is 0 Å². The smallest absolute Gasteiger partial charge is 0.412 e. The molecule has 0 aliphatic carbocycles. The van der Waals surface area contributed by atoms with Crippen molar-refractivity contribution in [1.29, 1.82) is 0 Å². The summed E-state index contributed by atoms with van der Waals surface area (Å²) in [6, 6.07) is 0. The van der Waals surface area contributed by atoms with Gasteiger partial charge in [-0.1, -0.05) is 40.0 Å². The van der Waals surface area contributed by atoms with Gasteiger partial charge in [0, 0.05) is 13.2 Å². The van der Waals surface area contributed by atoms with Crippen LogP contribution in [-0.2, 0) is 9.53 Å². The van der Waals surface area contributed by atoms with Crippen molar-refractivity contribution >= 4 is 18.3 Å². The van der Waals surface area contributed by atoms with Crippen LogP contribution in [0.4, 0.5) is 9.18 Å². The van der Waals surface area contributed by atoms with Crippen molar-refractivity contribution in [3.63, 3.8) is 0 Å². The largest absolute Gasteiger partial charge is 0.449 e. The molecule has 21 heavy (non-hydrogen) atoms. The van der Waals surface area contributed by atoms with Crippen LogP contribution in [0.15, 0.2) is 17.0 Å². The van der Waals surface area contributed by atoms with Crippen molar-refractivity contribution in [3.05, 3.63) is 12.0 Å². The molecule has 6 nitrogen and oxygen atoms in total. The standard InChI is InChI=1S/C11H18FN3O3.C3H8/c1-3-4-5-6-18-11(17)15-10(13-2)9(12)7-14-8-16;1-3-2/h7-8H,3-6H2,1-2H3,(H,14,16)(H,13,15,17);3H2,1-2H3/b9-7+;. The summed E-state index contributed by atoms with van der Waals surface area (Å²) in [7, 11) is 1.31. The van der Waals surface area contributed by atoms with E-state index in [-0.39, 0.29) is 12.4 Å². The van der Waals surface area contributed by atoms with Gasteiger partial charge in [-0.2, -0.15) is 0 Å². The van der Waals surface area contributed by atoms with Gasteiger partial charge >= 0.3 is 6.09 Å². The van der Waals surface area contributed by atoms with E-state index in [1.54, 1.807) is 0 Å². The van der Waals surface area contributed by atoms with Gasteiger partial charge in [-0.15, -0.1) is 0 Å². The van der Waals surface area contributed by atoms with Crippen LogP contribution in [-0.4, -0.2) is 32.0 Å². The molecule has 0 aromatic carbocycles. The molecule has 2 amide bonds. The highest BCUT2D eigenvalue weighted by Gasteiger charge is 2.10. The summed E-state index contributed by atoms with van der Waals surface area (Å²) >= 11 is 0. The van der Waals surface area contributed by atoms with Gasteiger partial charge < -0.3 is 10.1 Å². The predicted molar refractivity (Wildman–Crippen MR) is 81.7 cm³/mol. The molecule has 7 heteroatoms. The highest BCUT2D eigenvalue weighted by atomic mass is 19.1. The molecule has 0 radical (unpaired) electrons. The molecule has 0 aliphatic heterocycles. The number of amidine groups is 1. The van der Waals surface area contributed by atoms with Crippen LogP contribution < -0.4 is 10.6 Å². The quantitative estimate of drug-likeness (QED) is 0.328. The summed E-state index contributed by atoms with van der Waals surface area (Å²) in [6.45, 7) is 6.55. The number of unbranched alkanes of at least 4 members (excludes halogenated alkanes) is 2. The lowest BCUT2D eigenvalue weighted by Crippen LogP contribution is -2.32. The zero-order valence-electron chi connectivity index (χ0n) is 13.2. The third-order valence-corrected chi connectivity index (χ3v) is 1.93. The topological polar surface area (TPSA) is 79.8 Å². The number of amides is 2. The number of hydrogen-bond acceptors (Lipinski definition) is 4. The van der Waals surface area contributed by atoms with Gasteiger partial charge in [-0.25, -0.2) is 9.18 Å². The van der Waals surface area contributed by atoms with Gasteiger partial charge in [-0.3, -0.25) is 15.1 Å². The van der Waals surface area contributed by atoms with Crippen LogP contribution in [0.25, 0.3) is 0 Å². The molecule has 0 unspecified atom stereocenters. The Balaban J connectivity index is 0. The number of rotatable bonds is 7. The first-order valence-corrected chi connectivity index (χ1v) is 7.03. The lowest BCUT2D eigenvalue weighted by Gasteiger charge is -2.07. The average Bonchev–Trinajstić information content (AvgIpc) is 2.47. The molecule has 0 heterocycles. The molecule has 0 fully saturated rings. The van der Waals surface area contributed by atoms with Gasteiger partial charge in [0.15, 0.2) is 11.7 Å². The molecule has 0 bridgehead atoms. The predicted octanol–water partition coefficient (Wildman–Crippen LogP) is 2.90. The van der Waals surface area contributed by atoms with E-state index in [0.29, 0.717) is 6.41 Å². The number of carbonyl (C=O) groups excluding carboxylic acids is 2. The second-order valence-electron chi connectivity index (χ2n) is 4.02. The second kappa shape index (κ2) is 16.1. The highest BCUT2D eigenvalue weighted by molar-refractivity contribution is 6.04. The molecule has 122 valence electrons.